The molecule has 0 aromatic heterocycles. The van der Waals surface area contributed by atoms with Crippen LogP contribution in [-0.4, -0.2) is 47.1 Å². The summed E-state index contributed by atoms with van der Waals surface area (Å²) in [6.07, 6.45) is -0.793. The van der Waals surface area contributed by atoms with E-state index < -0.39 is 27.2 Å². The van der Waals surface area contributed by atoms with E-state index in [9.17, 15) is 27.7 Å². The second-order valence-electron chi connectivity index (χ2n) is 6.00. The zero-order valence-corrected chi connectivity index (χ0v) is 15.8. The Morgan fingerprint density at radius 1 is 1.19 bits per heavy atom. The summed E-state index contributed by atoms with van der Waals surface area (Å²) in [4.78, 5) is 0.175. The fraction of sp³-hybridized carbons (Fsp3) is 0.250. The predicted octanol–water partition coefficient (Wildman–Crippen LogP) is 1.22. The van der Waals surface area contributed by atoms with Crippen LogP contribution in [0.25, 0.3) is 0 Å². The fourth-order valence-electron chi connectivity index (χ4n) is 2.73. The number of nitrogens with one attached hydrogen (secondary N) is 2. The average Bonchev–Trinajstić information content (AvgIpc) is 2.88. The second kappa shape index (κ2) is 7.64. The fourth-order valence-corrected chi connectivity index (χ4v) is 5.13. The molecule has 9 nitrogen and oxygen atoms in total. The SMILES string of the molecule is O=S(=O)(NCCc1ccc(N2CC(O)NS2(O)O)c(O)c1)c1ccccc1. The van der Waals surface area contributed by atoms with Crippen molar-refractivity contribution in [2.24, 2.45) is 0 Å². The van der Waals surface area contributed by atoms with Crippen molar-refractivity contribution >= 4 is 26.7 Å². The number of nitrogens with zero attached hydrogens (tertiary/aromatic N) is 1. The number of aliphatic hydroxyl groups is 1. The number of anilines is 1. The Morgan fingerprint density at radius 2 is 1.89 bits per heavy atom. The Kier molecular flexibility index (Phi) is 5.63. The van der Waals surface area contributed by atoms with Crippen molar-refractivity contribution in [1.82, 2.24) is 9.44 Å². The lowest BCUT2D eigenvalue weighted by Crippen LogP contribution is -2.26. The highest BCUT2D eigenvalue weighted by Crippen LogP contribution is 2.49. The van der Waals surface area contributed by atoms with Gasteiger partial charge in [0.05, 0.1) is 11.4 Å². The number of aliphatic hydroxyl groups excluding tert-OH is 1. The van der Waals surface area contributed by atoms with Gasteiger partial charge < -0.3 is 10.2 Å². The molecule has 27 heavy (non-hydrogen) atoms. The van der Waals surface area contributed by atoms with Crippen LogP contribution in [0.3, 0.4) is 0 Å². The van der Waals surface area contributed by atoms with Crippen LogP contribution >= 0.6 is 11.0 Å². The van der Waals surface area contributed by atoms with Crippen LogP contribution in [0.2, 0.25) is 0 Å². The molecule has 1 aliphatic rings. The number of aromatic hydroxyl groups is 1. The van der Waals surface area contributed by atoms with Crippen LogP contribution < -0.4 is 13.7 Å². The number of hydrogen-bond acceptors (Lipinski definition) is 8. The van der Waals surface area contributed by atoms with Gasteiger partial charge >= 0.3 is 0 Å². The molecule has 148 valence electrons. The van der Waals surface area contributed by atoms with E-state index in [1.54, 1.807) is 24.3 Å². The zero-order chi connectivity index (χ0) is 19.7. The van der Waals surface area contributed by atoms with Gasteiger partial charge in [0.15, 0.2) is 0 Å². The number of rotatable bonds is 6. The molecule has 1 fully saturated rings. The third kappa shape index (κ3) is 4.52. The smallest absolute Gasteiger partial charge is 0.240 e. The molecule has 2 aromatic rings. The second-order valence-corrected chi connectivity index (χ2v) is 9.48. The van der Waals surface area contributed by atoms with Crippen molar-refractivity contribution < 1.29 is 27.7 Å². The van der Waals surface area contributed by atoms with Gasteiger partial charge in [0.2, 0.25) is 10.0 Å². The number of benzene rings is 2. The molecular weight excluding hydrogens is 394 g/mol. The van der Waals surface area contributed by atoms with Crippen LogP contribution in [-0.2, 0) is 16.4 Å². The van der Waals surface area contributed by atoms with Crippen molar-refractivity contribution in [3.8, 4) is 5.75 Å². The molecule has 1 saturated heterocycles. The van der Waals surface area contributed by atoms with Crippen molar-refractivity contribution in [3.63, 3.8) is 0 Å². The quantitative estimate of drug-likeness (QED) is 0.413. The van der Waals surface area contributed by atoms with Gasteiger partial charge in [0.1, 0.15) is 17.7 Å². The molecule has 1 unspecified atom stereocenters. The Hall–Kier alpha value is -1.86. The van der Waals surface area contributed by atoms with Gasteiger partial charge in [-0.25, -0.2) is 13.1 Å². The third-order valence-electron chi connectivity index (χ3n) is 4.01. The standard InChI is InChI=1S/C16H21N3O6S2/c20-15-10-12(6-7-14(15)19-11-16(21)18-27(19,24)25)8-9-17-26(22,23)13-4-2-1-3-5-13/h1-7,10,16-18,20-21,24-25H,8-9,11H2. The maximum atomic E-state index is 12.2. The van der Waals surface area contributed by atoms with Crippen molar-refractivity contribution in [3.05, 3.63) is 54.1 Å². The van der Waals surface area contributed by atoms with Gasteiger partial charge in [0, 0.05) is 6.54 Å². The number of β-amino-alcohol motifs (C(OH)–C–C–N with tert-alkyl or cyclic N) is 1. The van der Waals surface area contributed by atoms with Gasteiger partial charge in [0.25, 0.3) is 0 Å². The molecule has 0 bridgehead atoms. The first-order valence-corrected chi connectivity index (χ1v) is 11.1. The topological polar surface area (TPSA) is 142 Å². The summed E-state index contributed by atoms with van der Waals surface area (Å²) < 4.78 is 50.0. The molecule has 0 spiro atoms. The number of phenols is 1. The number of phenolic OH excluding ortho intramolecular Hbond substituents is 1. The van der Waals surface area contributed by atoms with Crippen LogP contribution in [0.15, 0.2) is 53.4 Å². The number of hydrogen-bond donors (Lipinski definition) is 6. The molecule has 0 radical (unpaired) electrons. The van der Waals surface area contributed by atoms with E-state index in [2.05, 4.69) is 9.44 Å². The van der Waals surface area contributed by atoms with E-state index in [4.69, 9.17) is 0 Å². The molecule has 11 heteroatoms. The van der Waals surface area contributed by atoms with Crippen molar-refractivity contribution in [2.75, 3.05) is 17.4 Å². The van der Waals surface area contributed by atoms with Crippen LogP contribution in [0, 0.1) is 0 Å². The first-order valence-electron chi connectivity index (χ1n) is 8.07. The molecule has 1 atom stereocenters. The summed E-state index contributed by atoms with van der Waals surface area (Å²) in [6, 6.07) is 12.6. The van der Waals surface area contributed by atoms with E-state index >= 15 is 0 Å². The monoisotopic (exact) mass is 415 g/mol. The molecule has 0 amide bonds. The predicted molar refractivity (Wildman–Crippen MR) is 103 cm³/mol. The van der Waals surface area contributed by atoms with Gasteiger partial charge in [-0.05, 0) is 36.2 Å². The van der Waals surface area contributed by atoms with Gasteiger partial charge in [-0.15, -0.1) is 0 Å². The Morgan fingerprint density at radius 3 is 2.48 bits per heavy atom. The lowest BCUT2D eigenvalue weighted by atomic mass is 10.1. The van der Waals surface area contributed by atoms with E-state index in [-0.39, 0.29) is 29.4 Å². The summed E-state index contributed by atoms with van der Waals surface area (Å²) in [6.45, 7) is 0.0430. The summed E-state index contributed by atoms with van der Waals surface area (Å²) >= 11 is 0. The summed E-state index contributed by atoms with van der Waals surface area (Å²) in [5, 5.41) is 19.7. The zero-order valence-electron chi connectivity index (χ0n) is 14.2. The highest BCUT2D eigenvalue weighted by molar-refractivity contribution is 8.24. The van der Waals surface area contributed by atoms with Crippen molar-refractivity contribution in [1.29, 1.82) is 0 Å². The molecule has 1 aliphatic heterocycles. The maximum absolute atomic E-state index is 12.2. The minimum absolute atomic E-state index is 0.0912. The normalized spacial score (nSPS) is 20.6. The molecule has 3 rings (SSSR count). The minimum Gasteiger partial charge on any atom is -0.506 e. The van der Waals surface area contributed by atoms with E-state index in [0.29, 0.717) is 12.0 Å². The maximum Gasteiger partial charge on any atom is 0.240 e. The Bertz CT molecular complexity index is 908. The third-order valence-corrected chi connectivity index (χ3v) is 7.03. The molecule has 0 aliphatic carbocycles. The lowest BCUT2D eigenvalue weighted by molar-refractivity contribution is 0.182. The van der Waals surface area contributed by atoms with E-state index in [0.717, 1.165) is 4.31 Å². The van der Waals surface area contributed by atoms with Crippen LogP contribution in [0.1, 0.15) is 5.56 Å². The van der Waals surface area contributed by atoms with Gasteiger partial charge in [-0.3, -0.25) is 13.4 Å². The lowest BCUT2D eigenvalue weighted by Gasteiger charge is -2.36. The largest absolute Gasteiger partial charge is 0.506 e. The Labute approximate surface area is 158 Å². The summed E-state index contributed by atoms with van der Waals surface area (Å²) in [5.74, 6) is -0.200. The summed E-state index contributed by atoms with van der Waals surface area (Å²) in [5.41, 5.74) is 0.823. The molecule has 2 aromatic carbocycles. The first-order chi connectivity index (χ1) is 12.7. The highest BCUT2D eigenvalue weighted by atomic mass is 32.3. The average molecular weight is 415 g/mol. The van der Waals surface area contributed by atoms with Crippen molar-refractivity contribution in [2.45, 2.75) is 17.5 Å². The molecule has 1 heterocycles. The summed E-state index contributed by atoms with van der Waals surface area (Å²) in [7, 11) is -7.01. The Balaban J connectivity index is 1.65. The van der Waals surface area contributed by atoms with Gasteiger partial charge in [-0.1, -0.05) is 35.2 Å². The van der Waals surface area contributed by atoms with Gasteiger partial charge in [-0.2, -0.15) is 4.72 Å². The minimum atomic E-state index is -3.60. The van der Waals surface area contributed by atoms with E-state index in [1.807, 2.05) is 0 Å². The van der Waals surface area contributed by atoms with Crippen LogP contribution in [0.5, 0.6) is 5.75 Å². The van der Waals surface area contributed by atoms with Crippen LogP contribution in [0.4, 0.5) is 5.69 Å². The molecule has 0 saturated carbocycles. The molecule has 6 N–H and O–H groups in total. The first kappa shape index (κ1) is 19.9. The van der Waals surface area contributed by atoms with E-state index in [1.165, 1.54) is 24.3 Å². The molecular formula is C16H21N3O6S2. The highest BCUT2D eigenvalue weighted by Gasteiger charge is 2.36. The number of sulfonamides is 1.